The predicted molar refractivity (Wildman–Crippen MR) is 173 cm³/mol. The molecule has 4 unspecified atom stereocenters. The molecule has 2 heterocycles. The maximum absolute atomic E-state index is 14.2. The first-order valence-corrected chi connectivity index (χ1v) is 16.4. The number of hydrogen-bond donors (Lipinski definition) is 2. The molecule has 0 radical (unpaired) electrons. The summed E-state index contributed by atoms with van der Waals surface area (Å²) in [5.41, 5.74) is 3.08. The van der Waals surface area contributed by atoms with Gasteiger partial charge in [-0.05, 0) is 53.7 Å². The minimum absolute atomic E-state index is 0.0438. The van der Waals surface area contributed by atoms with Crippen LogP contribution in [0.15, 0.2) is 72.8 Å². The van der Waals surface area contributed by atoms with Crippen molar-refractivity contribution in [3.63, 3.8) is 0 Å². The second kappa shape index (κ2) is 15.2. The highest BCUT2D eigenvalue weighted by Gasteiger charge is 2.39. The van der Waals surface area contributed by atoms with Gasteiger partial charge in [0.2, 0.25) is 5.82 Å². The third kappa shape index (κ3) is 7.40. The summed E-state index contributed by atoms with van der Waals surface area (Å²) < 4.78 is 82.5. The minimum Gasteiger partial charge on any atom is -0.392 e. The van der Waals surface area contributed by atoms with Gasteiger partial charge in [0.15, 0.2) is 29.6 Å². The lowest BCUT2D eigenvalue weighted by atomic mass is 9.89. The van der Waals surface area contributed by atoms with Crippen LogP contribution in [0.1, 0.15) is 71.2 Å². The number of hydrogen-bond acceptors (Lipinski definition) is 5. The Balaban J connectivity index is 1.21. The van der Waals surface area contributed by atoms with Crippen molar-refractivity contribution in [1.29, 1.82) is 0 Å². The molecule has 4 aromatic rings. The Hall–Kier alpha value is -4.16. The largest absolute Gasteiger partial charge is 0.392 e. The Kier molecular flexibility index (Phi) is 10.7. The van der Waals surface area contributed by atoms with Gasteiger partial charge in [-0.3, -0.25) is 4.79 Å². The quantitative estimate of drug-likeness (QED) is 0.108. The molecule has 49 heavy (non-hydrogen) atoms. The highest BCUT2D eigenvalue weighted by atomic mass is 19.2. The average molecular weight is 681 g/mol. The van der Waals surface area contributed by atoms with Gasteiger partial charge in [-0.2, -0.15) is 0 Å². The summed E-state index contributed by atoms with van der Waals surface area (Å²) in [6.45, 7) is 4.71. The molecule has 4 atom stereocenters. The van der Waals surface area contributed by atoms with Gasteiger partial charge in [0.25, 0.3) is 5.91 Å². The van der Waals surface area contributed by atoms with Crippen LogP contribution in [0.4, 0.5) is 22.0 Å². The molecule has 0 spiro atoms. The fourth-order valence-corrected chi connectivity index (χ4v) is 6.57. The van der Waals surface area contributed by atoms with Crippen LogP contribution in [0.2, 0.25) is 0 Å². The van der Waals surface area contributed by atoms with Crippen molar-refractivity contribution in [3.05, 3.63) is 130 Å². The van der Waals surface area contributed by atoms with Gasteiger partial charge < -0.3 is 24.8 Å². The van der Waals surface area contributed by atoms with E-state index in [0.29, 0.717) is 11.1 Å². The second-order valence-electron chi connectivity index (χ2n) is 12.6. The maximum Gasteiger partial charge on any atom is 0.257 e. The molecule has 2 fully saturated rings. The zero-order valence-corrected chi connectivity index (χ0v) is 26.9. The number of amides is 1. The molecule has 0 bridgehead atoms. The minimum atomic E-state index is -2.33. The van der Waals surface area contributed by atoms with Gasteiger partial charge in [-0.1, -0.05) is 86.1 Å². The SMILES string of the molecule is CC1C(CN2CCCCC2)OC(c2ccc(-c3ccccc3CNC(=O)c3c(F)c(F)c(F)c(F)c3F)cc2)OC1c1ccc(CO)cc1. The second-order valence-corrected chi connectivity index (χ2v) is 12.6. The maximum atomic E-state index is 14.2. The van der Waals surface area contributed by atoms with E-state index in [1.54, 1.807) is 24.3 Å². The number of halogens is 5. The van der Waals surface area contributed by atoms with Crippen LogP contribution in [-0.4, -0.2) is 41.7 Å². The molecule has 0 aliphatic carbocycles. The summed E-state index contributed by atoms with van der Waals surface area (Å²) >= 11 is 0. The molecule has 0 saturated carbocycles. The third-order valence-corrected chi connectivity index (χ3v) is 9.40. The summed E-state index contributed by atoms with van der Waals surface area (Å²) in [6.07, 6.45) is 2.56. The number of rotatable bonds is 9. The first-order valence-electron chi connectivity index (χ1n) is 16.4. The number of nitrogens with zero attached hydrogens (tertiary/aromatic N) is 1. The Bertz CT molecular complexity index is 1750. The van der Waals surface area contributed by atoms with Crippen molar-refractivity contribution >= 4 is 5.91 Å². The highest BCUT2D eigenvalue weighted by Crippen LogP contribution is 2.42. The zero-order valence-electron chi connectivity index (χ0n) is 26.9. The molecule has 2 aliphatic heterocycles. The first-order chi connectivity index (χ1) is 23.7. The molecule has 11 heteroatoms. The standard InChI is InChI=1S/C38H37F5N2O4/c1-22-29(20-45-17-5-2-6-18-45)48-38(49-36(22)25-11-9-23(21-46)10-12-25)26-15-13-24(14-16-26)28-8-4-3-7-27(28)19-44-37(47)30-31(39)33(41)35(43)34(42)32(30)40/h3-4,7-16,22,29,36,38,46H,2,5-6,17-21H2,1H3,(H,44,47). The molecular weight excluding hydrogens is 643 g/mol. The molecule has 2 aliphatic rings. The number of aliphatic hydroxyl groups excluding tert-OH is 1. The fourth-order valence-electron chi connectivity index (χ4n) is 6.57. The normalized spacial score (nSPS) is 21.4. The van der Waals surface area contributed by atoms with Crippen molar-refractivity contribution in [2.24, 2.45) is 5.92 Å². The Morgan fingerprint density at radius 2 is 1.41 bits per heavy atom. The first kappa shape index (κ1) is 34.7. The molecule has 2 N–H and O–H groups in total. The number of nitrogens with one attached hydrogen (secondary N) is 1. The third-order valence-electron chi connectivity index (χ3n) is 9.40. The van der Waals surface area contributed by atoms with Gasteiger partial charge in [0.05, 0.1) is 18.8 Å². The summed E-state index contributed by atoms with van der Waals surface area (Å²) in [6, 6.07) is 22.3. The number of carbonyl (C=O) groups excluding carboxylic acids is 1. The number of piperidine rings is 1. The molecule has 258 valence electrons. The monoisotopic (exact) mass is 680 g/mol. The molecule has 4 aromatic carbocycles. The van der Waals surface area contributed by atoms with Crippen LogP contribution in [0, 0.1) is 35.0 Å². The summed E-state index contributed by atoms with van der Waals surface area (Å²) in [5.74, 6) is -12.5. The Morgan fingerprint density at radius 1 is 0.796 bits per heavy atom. The fraction of sp³-hybridized carbons (Fsp3) is 0.342. The number of likely N-dealkylation sites (tertiary alicyclic amines) is 1. The number of aliphatic hydroxyl groups is 1. The van der Waals surface area contributed by atoms with Gasteiger partial charge >= 0.3 is 0 Å². The van der Waals surface area contributed by atoms with Crippen molar-refractivity contribution in [1.82, 2.24) is 10.2 Å². The molecule has 2 saturated heterocycles. The summed E-state index contributed by atoms with van der Waals surface area (Å²) in [4.78, 5) is 15.0. The topological polar surface area (TPSA) is 71.0 Å². The van der Waals surface area contributed by atoms with E-state index in [2.05, 4.69) is 17.1 Å². The molecule has 0 aromatic heterocycles. The van der Waals surface area contributed by atoms with Crippen LogP contribution < -0.4 is 5.32 Å². The van der Waals surface area contributed by atoms with Crippen LogP contribution in [-0.2, 0) is 22.6 Å². The van der Waals surface area contributed by atoms with E-state index in [9.17, 15) is 31.9 Å². The van der Waals surface area contributed by atoms with E-state index in [1.165, 1.54) is 6.42 Å². The van der Waals surface area contributed by atoms with E-state index in [-0.39, 0.29) is 31.3 Å². The van der Waals surface area contributed by atoms with Gasteiger partial charge in [-0.15, -0.1) is 0 Å². The lowest BCUT2D eigenvalue weighted by Gasteiger charge is -2.43. The molecule has 1 amide bonds. The van der Waals surface area contributed by atoms with Crippen molar-refractivity contribution in [2.75, 3.05) is 19.6 Å². The summed E-state index contributed by atoms with van der Waals surface area (Å²) in [7, 11) is 0. The van der Waals surface area contributed by atoms with Crippen LogP contribution in [0.5, 0.6) is 0 Å². The average Bonchev–Trinajstić information content (AvgIpc) is 3.14. The van der Waals surface area contributed by atoms with Crippen LogP contribution >= 0.6 is 0 Å². The summed E-state index contributed by atoms with van der Waals surface area (Å²) in [5, 5.41) is 11.8. The molecule has 6 nitrogen and oxygen atoms in total. The molecule has 6 rings (SSSR count). The van der Waals surface area contributed by atoms with Gasteiger partial charge in [0.1, 0.15) is 5.56 Å². The van der Waals surface area contributed by atoms with Crippen LogP contribution in [0.25, 0.3) is 11.1 Å². The number of benzene rings is 4. The number of ether oxygens (including phenoxy) is 2. The molecular formula is C38H37F5N2O4. The lowest BCUT2D eigenvalue weighted by Crippen LogP contribution is -2.45. The Labute approximate surface area is 281 Å². The van der Waals surface area contributed by atoms with Gasteiger partial charge in [-0.25, -0.2) is 22.0 Å². The van der Waals surface area contributed by atoms with E-state index in [0.717, 1.165) is 54.7 Å². The number of carbonyl (C=O) groups is 1. The van der Waals surface area contributed by atoms with Crippen LogP contribution in [0.3, 0.4) is 0 Å². The van der Waals surface area contributed by atoms with E-state index < -0.39 is 46.8 Å². The predicted octanol–water partition coefficient (Wildman–Crippen LogP) is 7.75. The van der Waals surface area contributed by atoms with Crippen molar-refractivity contribution in [2.45, 2.75) is 57.8 Å². The van der Waals surface area contributed by atoms with E-state index in [4.69, 9.17) is 9.47 Å². The van der Waals surface area contributed by atoms with Gasteiger partial charge in [0, 0.05) is 24.6 Å². The smallest absolute Gasteiger partial charge is 0.257 e. The lowest BCUT2D eigenvalue weighted by molar-refractivity contribution is -0.276. The zero-order chi connectivity index (χ0) is 34.7. The van der Waals surface area contributed by atoms with Crippen molar-refractivity contribution < 1.29 is 41.3 Å². The van der Waals surface area contributed by atoms with E-state index >= 15 is 0 Å². The Morgan fingerprint density at radius 3 is 2.06 bits per heavy atom. The van der Waals surface area contributed by atoms with E-state index in [1.807, 2.05) is 48.5 Å². The van der Waals surface area contributed by atoms with Crippen molar-refractivity contribution in [3.8, 4) is 11.1 Å². The highest BCUT2D eigenvalue weighted by molar-refractivity contribution is 5.95.